The van der Waals surface area contributed by atoms with E-state index in [1.807, 2.05) is 13.0 Å². The molecule has 2 unspecified atom stereocenters. The van der Waals surface area contributed by atoms with E-state index in [1.165, 1.54) is 9.80 Å². The Morgan fingerprint density at radius 1 is 1.00 bits per heavy atom. The van der Waals surface area contributed by atoms with E-state index in [0.717, 1.165) is 11.1 Å². The molecule has 1 heterocycles. The topological polar surface area (TPSA) is 56.6 Å². The third-order valence-corrected chi connectivity index (χ3v) is 6.23. The Labute approximate surface area is 204 Å². The predicted molar refractivity (Wildman–Crippen MR) is 122 cm³/mol. The van der Waals surface area contributed by atoms with Gasteiger partial charge in [0.15, 0.2) is 0 Å². The monoisotopic (exact) mass is 513 g/mol. The Bertz CT molecular complexity index is 1150. The van der Waals surface area contributed by atoms with Gasteiger partial charge in [0.1, 0.15) is 6.04 Å². The van der Waals surface area contributed by atoms with E-state index in [0.29, 0.717) is 29.9 Å². The average Bonchev–Trinajstić information content (AvgIpc) is 2.79. The van der Waals surface area contributed by atoms with Crippen molar-refractivity contribution in [2.75, 3.05) is 23.0 Å². The maximum atomic E-state index is 13.5. The summed E-state index contributed by atoms with van der Waals surface area (Å²) in [6.45, 7) is 7.13. The zero-order chi connectivity index (χ0) is 27.0. The van der Waals surface area contributed by atoms with Crippen molar-refractivity contribution in [3.05, 3.63) is 58.1 Å². The zero-order valence-corrected chi connectivity index (χ0v) is 20.1. The Morgan fingerprint density at radius 3 is 1.97 bits per heavy atom. The van der Waals surface area contributed by atoms with Crippen LogP contribution in [-0.4, -0.2) is 25.3 Å². The molecule has 1 aliphatic heterocycles. The van der Waals surface area contributed by atoms with E-state index in [1.54, 1.807) is 32.9 Å². The second-order valence-corrected chi connectivity index (χ2v) is 8.58. The summed E-state index contributed by atoms with van der Waals surface area (Å²) >= 11 is 0. The number of fused-ring (bicyclic) bond motifs is 1. The molecule has 0 saturated carbocycles. The number of nitriles is 1. The van der Waals surface area contributed by atoms with Crippen LogP contribution in [0.4, 0.5) is 42.5 Å². The number of carbonyl (C=O) groups is 1. The van der Waals surface area contributed by atoms with E-state index in [2.05, 4.69) is 0 Å². The lowest BCUT2D eigenvalue weighted by Gasteiger charge is -2.44. The van der Waals surface area contributed by atoms with Crippen molar-refractivity contribution in [2.45, 2.75) is 58.6 Å². The SMILES string of the molecule is CCOC(=O)N1c2cc(C)c(C)cc2N(C(C#N)c2cc(C(F)(F)F)cc(C(F)(F)F)c2)CC1CC. The molecule has 1 amide bonds. The number of ether oxygens (including phenoxy) is 1. The number of benzene rings is 2. The van der Waals surface area contributed by atoms with E-state index in [9.17, 15) is 36.4 Å². The minimum Gasteiger partial charge on any atom is -0.449 e. The minimum atomic E-state index is -5.05. The fraction of sp³-hybridized carbons (Fsp3) is 0.440. The first-order chi connectivity index (χ1) is 16.7. The normalized spacial score (nSPS) is 16.9. The molecule has 2 aromatic carbocycles. The number of hydrogen-bond donors (Lipinski definition) is 0. The highest BCUT2D eigenvalue weighted by Crippen LogP contribution is 2.44. The number of amides is 1. The third-order valence-electron chi connectivity index (χ3n) is 6.23. The van der Waals surface area contributed by atoms with Gasteiger partial charge in [-0.15, -0.1) is 0 Å². The smallest absolute Gasteiger partial charge is 0.416 e. The highest BCUT2D eigenvalue weighted by atomic mass is 19.4. The molecule has 0 aliphatic carbocycles. The van der Waals surface area contributed by atoms with Crippen LogP contribution in [0.5, 0.6) is 0 Å². The Morgan fingerprint density at radius 2 is 1.53 bits per heavy atom. The molecule has 2 atom stereocenters. The molecule has 0 radical (unpaired) electrons. The van der Waals surface area contributed by atoms with Gasteiger partial charge >= 0.3 is 18.4 Å². The second kappa shape index (κ2) is 9.91. The number of hydrogen-bond acceptors (Lipinski definition) is 4. The standard InChI is InChI=1S/C25H25F6N3O2/c1-5-19-13-33(20-7-14(3)15(4)8-21(20)34(19)23(35)36-6-2)22(12-32)16-9-17(24(26,27)28)11-18(10-16)25(29,30)31/h7-11,19,22H,5-6,13H2,1-4H3. The van der Waals surface area contributed by atoms with Crippen molar-refractivity contribution < 1.29 is 35.9 Å². The Balaban J connectivity index is 2.24. The summed E-state index contributed by atoms with van der Waals surface area (Å²) in [4.78, 5) is 15.7. The molecule has 0 fully saturated rings. The van der Waals surface area contributed by atoms with Gasteiger partial charge in [0, 0.05) is 6.54 Å². The van der Waals surface area contributed by atoms with Crippen molar-refractivity contribution in [3.8, 4) is 6.07 Å². The highest BCUT2D eigenvalue weighted by molar-refractivity contribution is 5.95. The summed E-state index contributed by atoms with van der Waals surface area (Å²) in [7, 11) is 0. The number of rotatable bonds is 4. The highest BCUT2D eigenvalue weighted by Gasteiger charge is 2.41. The van der Waals surface area contributed by atoms with E-state index in [-0.39, 0.29) is 19.2 Å². The van der Waals surface area contributed by atoms with Gasteiger partial charge in [-0.2, -0.15) is 31.6 Å². The van der Waals surface area contributed by atoms with E-state index in [4.69, 9.17) is 4.74 Å². The summed E-state index contributed by atoms with van der Waals surface area (Å²) in [5.41, 5.74) is -1.13. The number of halogens is 6. The number of nitrogens with zero attached hydrogens (tertiary/aromatic N) is 3. The van der Waals surface area contributed by atoms with Gasteiger partial charge < -0.3 is 9.64 Å². The summed E-state index contributed by atoms with van der Waals surface area (Å²) in [6, 6.07) is 4.43. The van der Waals surface area contributed by atoms with Crippen LogP contribution in [0.1, 0.15) is 54.1 Å². The van der Waals surface area contributed by atoms with Crippen LogP contribution in [0.3, 0.4) is 0 Å². The van der Waals surface area contributed by atoms with Gasteiger partial charge in [0.05, 0.1) is 41.2 Å². The molecule has 0 spiro atoms. The third kappa shape index (κ3) is 5.22. The number of alkyl halides is 6. The van der Waals surface area contributed by atoms with Crippen LogP contribution in [0.25, 0.3) is 0 Å². The van der Waals surface area contributed by atoms with Gasteiger partial charge in [-0.05, 0) is 74.2 Å². The lowest BCUT2D eigenvalue weighted by molar-refractivity contribution is -0.143. The molecule has 194 valence electrons. The molecule has 3 rings (SSSR count). The van der Waals surface area contributed by atoms with Crippen molar-refractivity contribution >= 4 is 17.5 Å². The average molecular weight is 513 g/mol. The van der Waals surface area contributed by atoms with Crippen LogP contribution in [0.2, 0.25) is 0 Å². The number of carbonyl (C=O) groups excluding carboxylic acids is 1. The molecule has 36 heavy (non-hydrogen) atoms. The van der Waals surface area contributed by atoms with Crippen LogP contribution in [0.15, 0.2) is 30.3 Å². The molecule has 2 aromatic rings. The maximum Gasteiger partial charge on any atom is 0.416 e. The number of aryl methyl sites for hydroxylation is 2. The summed E-state index contributed by atoms with van der Waals surface area (Å²) < 4.78 is 86.1. The Kier molecular flexibility index (Phi) is 7.48. The van der Waals surface area contributed by atoms with Crippen molar-refractivity contribution in [1.82, 2.24) is 0 Å². The molecular weight excluding hydrogens is 488 g/mol. The van der Waals surface area contributed by atoms with Crippen molar-refractivity contribution in [1.29, 1.82) is 5.26 Å². The molecule has 5 nitrogen and oxygen atoms in total. The minimum absolute atomic E-state index is 0.000634. The summed E-state index contributed by atoms with van der Waals surface area (Å²) in [6.07, 6.45) is -10.3. The molecule has 11 heteroatoms. The van der Waals surface area contributed by atoms with Gasteiger partial charge in [-0.25, -0.2) is 4.79 Å². The van der Waals surface area contributed by atoms with Crippen LogP contribution < -0.4 is 9.80 Å². The lowest BCUT2D eigenvalue weighted by Crippen LogP contribution is -2.52. The van der Waals surface area contributed by atoms with Gasteiger partial charge in [0.25, 0.3) is 0 Å². The summed E-state index contributed by atoms with van der Waals surface area (Å²) in [5.74, 6) is 0. The van der Waals surface area contributed by atoms with Crippen LogP contribution >= 0.6 is 0 Å². The first-order valence-corrected chi connectivity index (χ1v) is 11.3. The zero-order valence-electron chi connectivity index (χ0n) is 20.1. The van der Waals surface area contributed by atoms with Gasteiger partial charge in [-0.3, -0.25) is 4.90 Å². The quantitative estimate of drug-likeness (QED) is 0.407. The molecule has 0 saturated heterocycles. The van der Waals surface area contributed by atoms with Crippen LogP contribution in [0, 0.1) is 25.2 Å². The molecular formula is C25H25F6N3O2. The van der Waals surface area contributed by atoms with Gasteiger partial charge in [-0.1, -0.05) is 6.92 Å². The van der Waals surface area contributed by atoms with Crippen LogP contribution in [-0.2, 0) is 17.1 Å². The van der Waals surface area contributed by atoms with Crippen molar-refractivity contribution in [3.63, 3.8) is 0 Å². The Hall–Kier alpha value is -3.42. The second-order valence-electron chi connectivity index (χ2n) is 8.58. The van der Waals surface area contributed by atoms with Crippen molar-refractivity contribution in [2.24, 2.45) is 0 Å². The fourth-order valence-electron chi connectivity index (χ4n) is 4.27. The number of anilines is 2. The molecule has 1 aliphatic rings. The van der Waals surface area contributed by atoms with Gasteiger partial charge in [0.2, 0.25) is 0 Å². The van der Waals surface area contributed by atoms with E-state index < -0.39 is 47.2 Å². The predicted octanol–water partition coefficient (Wildman–Crippen LogP) is 7.17. The first-order valence-electron chi connectivity index (χ1n) is 11.3. The molecule has 0 aromatic heterocycles. The summed E-state index contributed by atoms with van der Waals surface area (Å²) in [5, 5.41) is 10.0. The maximum absolute atomic E-state index is 13.5. The first kappa shape index (κ1) is 27.2. The molecule has 0 N–H and O–H groups in total. The van der Waals surface area contributed by atoms with E-state index >= 15 is 0 Å². The molecule has 0 bridgehead atoms. The lowest BCUT2D eigenvalue weighted by atomic mass is 9.95. The fourth-order valence-corrected chi connectivity index (χ4v) is 4.27. The largest absolute Gasteiger partial charge is 0.449 e.